The van der Waals surface area contributed by atoms with Gasteiger partial charge >= 0.3 is 0 Å². The molecule has 0 saturated heterocycles. The third-order valence-corrected chi connectivity index (χ3v) is 5.45. The lowest BCUT2D eigenvalue weighted by atomic mass is 10.2. The van der Waals surface area contributed by atoms with E-state index in [0.717, 1.165) is 17.1 Å². The van der Waals surface area contributed by atoms with E-state index in [1.807, 2.05) is 18.2 Å². The lowest BCUT2D eigenvalue weighted by molar-refractivity contribution is 0.631. The van der Waals surface area contributed by atoms with E-state index >= 15 is 0 Å². The van der Waals surface area contributed by atoms with E-state index in [-0.39, 0.29) is 5.82 Å². The largest absolute Gasteiger partial charge is 0.362 e. The fourth-order valence-corrected chi connectivity index (χ4v) is 3.98. The summed E-state index contributed by atoms with van der Waals surface area (Å²) >= 11 is 22.3. The predicted molar refractivity (Wildman–Crippen MR) is 111 cm³/mol. The van der Waals surface area contributed by atoms with E-state index in [1.54, 1.807) is 23.9 Å². The van der Waals surface area contributed by atoms with Crippen LogP contribution in [0.5, 0.6) is 0 Å². The van der Waals surface area contributed by atoms with Gasteiger partial charge in [-0.15, -0.1) is 0 Å². The molecule has 0 aromatic heterocycles. The minimum Gasteiger partial charge on any atom is -0.362 e. The standard InChI is InChI=1S/C16H14BrCl2FN2S2/c17-10-4-5-15(14(20)8-10)22-16(23)21-6-7-24-9-11-12(18)2-1-3-13(11)19/h1-5,8H,6-7,9H2,(H2,21,22,23). The molecule has 0 radical (unpaired) electrons. The highest BCUT2D eigenvalue weighted by Gasteiger charge is 2.06. The summed E-state index contributed by atoms with van der Waals surface area (Å²) in [5.41, 5.74) is 1.27. The number of benzene rings is 2. The molecule has 0 aliphatic rings. The Labute approximate surface area is 168 Å². The van der Waals surface area contributed by atoms with Gasteiger partial charge in [0.05, 0.1) is 5.69 Å². The van der Waals surface area contributed by atoms with Crippen molar-refractivity contribution >= 4 is 73.9 Å². The second kappa shape index (κ2) is 9.82. The molecule has 0 aliphatic carbocycles. The van der Waals surface area contributed by atoms with Crippen molar-refractivity contribution in [2.45, 2.75) is 5.75 Å². The van der Waals surface area contributed by atoms with Gasteiger partial charge in [-0.3, -0.25) is 0 Å². The lowest BCUT2D eigenvalue weighted by Gasteiger charge is -2.11. The summed E-state index contributed by atoms with van der Waals surface area (Å²) < 4.78 is 14.4. The van der Waals surface area contributed by atoms with E-state index in [9.17, 15) is 4.39 Å². The van der Waals surface area contributed by atoms with Gasteiger partial charge in [0.25, 0.3) is 0 Å². The van der Waals surface area contributed by atoms with Gasteiger partial charge in [-0.2, -0.15) is 11.8 Å². The Morgan fingerprint density at radius 2 is 1.92 bits per heavy atom. The molecule has 128 valence electrons. The maximum absolute atomic E-state index is 13.7. The molecule has 8 heteroatoms. The number of hydrogen-bond donors (Lipinski definition) is 2. The second-order valence-electron chi connectivity index (χ2n) is 4.76. The molecule has 2 nitrogen and oxygen atoms in total. The van der Waals surface area contributed by atoms with Crippen LogP contribution in [0.1, 0.15) is 5.56 Å². The van der Waals surface area contributed by atoms with Crippen molar-refractivity contribution < 1.29 is 4.39 Å². The van der Waals surface area contributed by atoms with Crippen LogP contribution < -0.4 is 10.6 Å². The van der Waals surface area contributed by atoms with Gasteiger partial charge in [0.15, 0.2) is 5.11 Å². The number of anilines is 1. The molecule has 24 heavy (non-hydrogen) atoms. The average Bonchev–Trinajstić information content (AvgIpc) is 2.52. The van der Waals surface area contributed by atoms with Crippen LogP contribution in [0, 0.1) is 5.82 Å². The number of thiocarbonyl (C=S) groups is 1. The second-order valence-corrected chi connectivity index (χ2v) is 8.00. The quantitative estimate of drug-likeness (QED) is 0.395. The van der Waals surface area contributed by atoms with Crippen molar-refractivity contribution in [1.29, 1.82) is 0 Å². The van der Waals surface area contributed by atoms with E-state index in [2.05, 4.69) is 26.6 Å². The summed E-state index contributed by atoms with van der Waals surface area (Å²) in [6.45, 7) is 0.650. The molecule has 2 aromatic carbocycles. The number of halogens is 4. The van der Waals surface area contributed by atoms with Crippen molar-refractivity contribution in [3.63, 3.8) is 0 Å². The molecule has 2 N–H and O–H groups in total. The summed E-state index contributed by atoms with van der Waals surface area (Å²) in [5, 5.41) is 7.61. The zero-order valence-corrected chi connectivity index (χ0v) is 17.1. The highest BCUT2D eigenvalue weighted by molar-refractivity contribution is 9.10. The van der Waals surface area contributed by atoms with E-state index in [0.29, 0.717) is 31.9 Å². The highest BCUT2D eigenvalue weighted by Crippen LogP contribution is 2.28. The Morgan fingerprint density at radius 1 is 1.21 bits per heavy atom. The van der Waals surface area contributed by atoms with Crippen LogP contribution in [-0.4, -0.2) is 17.4 Å². The molecular weight excluding hydrogens is 454 g/mol. The first kappa shape index (κ1) is 19.8. The number of thioether (sulfide) groups is 1. The summed E-state index contributed by atoms with van der Waals surface area (Å²) in [4.78, 5) is 0. The summed E-state index contributed by atoms with van der Waals surface area (Å²) in [5.74, 6) is 1.17. The van der Waals surface area contributed by atoms with Crippen LogP contribution in [-0.2, 0) is 5.75 Å². The van der Waals surface area contributed by atoms with Crippen LogP contribution >= 0.6 is 63.1 Å². The van der Waals surface area contributed by atoms with Crippen molar-refractivity contribution in [2.75, 3.05) is 17.6 Å². The van der Waals surface area contributed by atoms with Crippen LogP contribution in [0.3, 0.4) is 0 Å². The van der Waals surface area contributed by atoms with Crippen molar-refractivity contribution in [3.8, 4) is 0 Å². The first-order chi connectivity index (χ1) is 11.5. The summed E-state index contributed by atoms with van der Waals surface area (Å²) in [7, 11) is 0. The Bertz CT molecular complexity index is 711. The van der Waals surface area contributed by atoms with Gasteiger partial charge in [-0.1, -0.05) is 45.2 Å². The van der Waals surface area contributed by atoms with Gasteiger partial charge in [-0.05, 0) is 48.1 Å². The predicted octanol–water partition coefficient (Wildman–Crippen LogP) is 6.11. The van der Waals surface area contributed by atoms with Crippen molar-refractivity contribution in [2.24, 2.45) is 0 Å². The Hall–Kier alpha value is -0.530. The Balaban J connectivity index is 1.71. The minimum atomic E-state index is -0.365. The van der Waals surface area contributed by atoms with Crippen LogP contribution in [0.25, 0.3) is 0 Å². The van der Waals surface area contributed by atoms with Gasteiger partial charge in [-0.25, -0.2) is 4.39 Å². The third kappa shape index (κ3) is 6.08. The van der Waals surface area contributed by atoms with Crippen LogP contribution in [0.4, 0.5) is 10.1 Å². The molecule has 0 aliphatic heterocycles. The van der Waals surface area contributed by atoms with Crippen molar-refractivity contribution in [1.82, 2.24) is 5.32 Å². The van der Waals surface area contributed by atoms with Gasteiger partial charge < -0.3 is 10.6 Å². The average molecular weight is 468 g/mol. The molecular formula is C16H14BrCl2FN2S2. The molecule has 0 bridgehead atoms. The third-order valence-electron chi connectivity index (χ3n) is 3.02. The first-order valence-corrected chi connectivity index (χ1v) is 10.1. The highest BCUT2D eigenvalue weighted by atomic mass is 79.9. The van der Waals surface area contributed by atoms with Gasteiger partial charge in [0.2, 0.25) is 0 Å². The minimum absolute atomic E-state index is 0.339. The SMILES string of the molecule is Fc1cc(Br)ccc1NC(=S)NCCSCc1c(Cl)cccc1Cl. The van der Waals surface area contributed by atoms with E-state index in [1.165, 1.54) is 6.07 Å². The fourth-order valence-electron chi connectivity index (χ4n) is 1.84. The maximum Gasteiger partial charge on any atom is 0.170 e. The fraction of sp³-hybridized carbons (Fsp3) is 0.188. The van der Waals surface area contributed by atoms with Crippen LogP contribution in [0.2, 0.25) is 10.0 Å². The first-order valence-electron chi connectivity index (χ1n) is 6.98. The number of rotatable bonds is 6. The van der Waals surface area contributed by atoms with Gasteiger partial charge in [0, 0.05) is 32.6 Å². The summed E-state index contributed by atoms with van der Waals surface area (Å²) in [6.07, 6.45) is 0. The van der Waals surface area contributed by atoms with E-state index in [4.69, 9.17) is 35.4 Å². The van der Waals surface area contributed by atoms with Crippen LogP contribution in [0.15, 0.2) is 40.9 Å². The lowest BCUT2D eigenvalue weighted by Crippen LogP contribution is -2.30. The number of hydrogen-bond acceptors (Lipinski definition) is 2. The molecule has 2 rings (SSSR count). The normalized spacial score (nSPS) is 10.5. The zero-order chi connectivity index (χ0) is 17.5. The number of nitrogens with one attached hydrogen (secondary N) is 2. The molecule has 0 spiro atoms. The summed E-state index contributed by atoms with van der Waals surface area (Å²) in [6, 6.07) is 10.2. The van der Waals surface area contributed by atoms with E-state index < -0.39 is 0 Å². The Kier molecular flexibility index (Phi) is 8.10. The molecule has 2 aromatic rings. The maximum atomic E-state index is 13.7. The zero-order valence-electron chi connectivity index (χ0n) is 12.4. The molecule has 0 amide bonds. The topological polar surface area (TPSA) is 24.1 Å². The molecule has 0 atom stereocenters. The monoisotopic (exact) mass is 466 g/mol. The molecule has 0 unspecified atom stereocenters. The Morgan fingerprint density at radius 3 is 2.58 bits per heavy atom. The van der Waals surface area contributed by atoms with Crippen molar-refractivity contribution in [3.05, 3.63) is 62.3 Å². The molecule has 0 fully saturated rings. The molecule has 0 heterocycles. The molecule has 0 saturated carbocycles. The van der Waals surface area contributed by atoms with Gasteiger partial charge in [0.1, 0.15) is 5.82 Å². The smallest absolute Gasteiger partial charge is 0.170 e.